The van der Waals surface area contributed by atoms with Crippen LogP contribution in [0.3, 0.4) is 0 Å². The molecule has 2 N–H and O–H groups in total. The second-order valence-corrected chi connectivity index (χ2v) is 6.47. The molecule has 0 aromatic rings. The number of carbonyl (C=O) groups excluding carboxylic acids is 1. The molecule has 7 nitrogen and oxygen atoms in total. The zero-order valence-electron chi connectivity index (χ0n) is 12.8. The van der Waals surface area contributed by atoms with Crippen molar-refractivity contribution in [2.75, 3.05) is 26.3 Å². The Hall–Kier alpha value is -1.34. The number of nitrogens with one attached hydrogen (secondary N) is 1. The molecule has 22 heavy (non-hydrogen) atoms. The number of ether oxygens (including phenoxy) is 2. The van der Waals surface area contributed by atoms with E-state index in [0.29, 0.717) is 52.0 Å². The second kappa shape index (κ2) is 6.04. The molecule has 0 bridgehead atoms. The lowest BCUT2D eigenvalue weighted by atomic mass is 9.82. The first-order valence-electron chi connectivity index (χ1n) is 8.14. The highest BCUT2D eigenvalue weighted by molar-refractivity contribution is 5.86. The lowest BCUT2D eigenvalue weighted by Crippen LogP contribution is -2.60. The average molecular weight is 312 g/mol. The molecule has 1 saturated carbocycles. The summed E-state index contributed by atoms with van der Waals surface area (Å²) in [6.45, 7) is 2.27. The third-order valence-corrected chi connectivity index (χ3v) is 5.09. The molecule has 1 aliphatic carbocycles. The molecule has 2 amide bonds. The van der Waals surface area contributed by atoms with Gasteiger partial charge >= 0.3 is 12.0 Å². The van der Waals surface area contributed by atoms with Gasteiger partial charge in [0.2, 0.25) is 0 Å². The van der Waals surface area contributed by atoms with Crippen LogP contribution in [0, 0.1) is 0 Å². The number of hydrogen-bond acceptors (Lipinski definition) is 4. The van der Waals surface area contributed by atoms with Gasteiger partial charge < -0.3 is 24.8 Å². The number of rotatable bonds is 2. The molecule has 0 unspecified atom stereocenters. The summed E-state index contributed by atoms with van der Waals surface area (Å²) in [5.41, 5.74) is -1.09. The smallest absolute Gasteiger partial charge is 0.329 e. The van der Waals surface area contributed by atoms with Crippen LogP contribution in [0.15, 0.2) is 0 Å². The molecule has 0 radical (unpaired) electrons. The van der Waals surface area contributed by atoms with E-state index < -0.39 is 17.3 Å². The topological polar surface area (TPSA) is 88.1 Å². The lowest BCUT2D eigenvalue weighted by Gasteiger charge is -2.40. The van der Waals surface area contributed by atoms with Crippen LogP contribution in [0.4, 0.5) is 4.79 Å². The van der Waals surface area contributed by atoms with Gasteiger partial charge in [0, 0.05) is 25.9 Å². The number of carbonyl (C=O) groups is 2. The van der Waals surface area contributed by atoms with E-state index in [9.17, 15) is 14.7 Å². The summed E-state index contributed by atoms with van der Waals surface area (Å²) in [5, 5.41) is 12.3. The van der Waals surface area contributed by atoms with E-state index in [1.54, 1.807) is 4.90 Å². The number of carboxylic acids is 1. The molecule has 0 atom stereocenters. The van der Waals surface area contributed by atoms with Crippen molar-refractivity contribution < 1.29 is 24.2 Å². The number of hydrogen-bond donors (Lipinski definition) is 2. The van der Waals surface area contributed by atoms with Crippen LogP contribution in [0.1, 0.15) is 44.9 Å². The SMILES string of the molecule is O=C(NC1(C(=O)O)CCCCC1)N1CCC2(CC1)OCCO2. The largest absolute Gasteiger partial charge is 0.480 e. The van der Waals surface area contributed by atoms with Crippen LogP contribution in [-0.4, -0.2) is 59.6 Å². The highest BCUT2D eigenvalue weighted by Gasteiger charge is 2.44. The van der Waals surface area contributed by atoms with Gasteiger partial charge in [-0.25, -0.2) is 9.59 Å². The van der Waals surface area contributed by atoms with E-state index in [1.165, 1.54) is 0 Å². The van der Waals surface area contributed by atoms with Gasteiger partial charge in [0.05, 0.1) is 13.2 Å². The van der Waals surface area contributed by atoms with Crippen molar-refractivity contribution in [3.63, 3.8) is 0 Å². The first-order valence-corrected chi connectivity index (χ1v) is 8.14. The Morgan fingerprint density at radius 3 is 2.09 bits per heavy atom. The summed E-state index contributed by atoms with van der Waals surface area (Å²) in [6, 6.07) is -0.280. The maximum atomic E-state index is 12.4. The number of carboxylic acid groups (broad SMARTS) is 1. The fourth-order valence-corrected chi connectivity index (χ4v) is 3.67. The number of urea groups is 1. The summed E-state index contributed by atoms with van der Waals surface area (Å²) in [5.74, 6) is -1.44. The molecule has 7 heteroatoms. The van der Waals surface area contributed by atoms with Gasteiger partial charge in [0.15, 0.2) is 5.79 Å². The van der Waals surface area contributed by atoms with Gasteiger partial charge in [-0.15, -0.1) is 0 Å². The second-order valence-electron chi connectivity index (χ2n) is 6.47. The predicted molar refractivity (Wildman–Crippen MR) is 77.4 cm³/mol. The third kappa shape index (κ3) is 2.92. The van der Waals surface area contributed by atoms with E-state index in [-0.39, 0.29) is 6.03 Å². The predicted octanol–water partition coefficient (Wildman–Crippen LogP) is 1.32. The molecule has 1 spiro atoms. The minimum absolute atomic E-state index is 0.280. The highest BCUT2D eigenvalue weighted by Crippen LogP contribution is 2.32. The van der Waals surface area contributed by atoms with Gasteiger partial charge in [-0.1, -0.05) is 19.3 Å². The maximum absolute atomic E-state index is 12.4. The molecular formula is C15H24N2O5. The first-order chi connectivity index (χ1) is 10.6. The minimum Gasteiger partial charge on any atom is -0.480 e. The van der Waals surface area contributed by atoms with Crippen molar-refractivity contribution in [2.24, 2.45) is 0 Å². The Labute approximate surface area is 129 Å². The molecule has 3 fully saturated rings. The van der Waals surface area contributed by atoms with E-state index in [2.05, 4.69) is 5.32 Å². The summed E-state index contributed by atoms with van der Waals surface area (Å²) in [7, 11) is 0. The van der Waals surface area contributed by atoms with E-state index in [4.69, 9.17) is 9.47 Å². The zero-order valence-corrected chi connectivity index (χ0v) is 12.8. The van der Waals surface area contributed by atoms with Gasteiger partial charge in [0.25, 0.3) is 0 Å². The molecule has 0 aromatic heterocycles. The molecule has 124 valence electrons. The number of amides is 2. The minimum atomic E-state index is -1.09. The molecule has 2 heterocycles. The molecule has 3 aliphatic rings. The standard InChI is InChI=1S/C15H24N2O5/c18-12(19)14(4-2-1-3-5-14)16-13(20)17-8-6-15(7-9-17)21-10-11-22-15/h1-11H2,(H,16,20)(H,18,19). The Kier molecular flexibility index (Phi) is 4.27. The molecular weight excluding hydrogens is 288 g/mol. The quantitative estimate of drug-likeness (QED) is 0.803. The van der Waals surface area contributed by atoms with Gasteiger partial charge in [0.1, 0.15) is 5.54 Å². The highest BCUT2D eigenvalue weighted by atomic mass is 16.7. The van der Waals surface area contributed by atoms with Crippen LogP contribution < -0.4 is 5.32 Å². The number of aliphatic carboxylic acids is 1. The molecule has 3 rings (SSSR count). The molecule has 2 saturated heterocycles. The van der Waals surface area contributed by atoms with Crippen molar-refractivity contribution >= 4 is 12.0 Å². The summed E-state index contributed by atoms with van der Waals surface area (Å²) >= 11 is 0. The van der Waals surface area contributed by atoms with Crippen LogP contribution in [0.25, 0.3) is 0 Å². The Balaban J connectivity index is 1.58. The Morgan fingerprint density at radius 1 is 0.955 bits per heavy atom. The van der Waals surface area contributed by atoms with Crippen LogP contribution in [-0.2, 0) is 14.3 Å². The number of nitrogens with zero attached hydrogens (tertiary/aromatic N) is 1. The summed E-state index contributed by atoms with van der Waals surface area (Å²) in [4.78, 5) is 25.8. The Bertz CT molecular complexity index is 431. The fourth-order valence-electron chi connectivity index (χ4n) is 3.67. The maximum Gasteiger partial charge on any atom is 0.329 e. The summed E-state index contributed by atoms with van der Waals surface area (Å²) < 4.78 is 11.3. The number of piperidine rings is 1. The average Bonchev–Trinajstić information content (AvgIpc) is 2.97. The van der Waals surface area contributed by atoms with Gasteiger partial charge in [-0.05, 0) is 12.8 Å². The van der Waals surface area contributed by atoms with Crippen LogP contribution >= 0.6 is 0 Å². The normalized spacial score (nSPS) is 26.8. The van der Waals surface area contributed by atoms with Crippen molar-refractivity contribution in [1.82, 2.24) is 10.2 Å². The van der Waals surface area contributed by atoms with Crippen LogP contribution in [0.5, 0.6) is 0 Å². The molecule has 2 aliphatic heterocycles. The third-order valence-electron chi connectivity index (χ3n) is 5.09. The summed E-state index contributed by atoms with van der Waals surface area (Å²) in [6.07, 6.45) is 5.03. The Morgan fingerprint density at radius 2 is 1.55 bits per heavy atom. The monoisotopic (exact) mass is 312 g/mol. The van der Waals surface area contributed by atoms with Gasteiger partial charge in [-0.3, -0.25) is 0 Å². The number of likely N-dealkylation sites (tertiary alicyclic amines) is 1. The van der Waals surface area contributed by atoms with E-state index in [1.807, 2.05) is 0 Å². The lowest BCUT2D eigenvalue weighted by molar-refractivity contribution is -0.181. The zero-order chi connectivity index (χ0) is 15.6. The van der Waals surface area contributed by atoms with Crippen molar-refractivity contribution in [3.05, 3.63) is 0 Å². The van der Waals surface area contributed by atoms with Crippen LogP contribution in [0.2, 0.25) is 0 Å². The van der Waals surface area contributed by atoms with Gasteiger partial charge in [-0.2, -0.15) is 0 Å². The van der Waals surface area contributed by atoms with E-state index >= 15 is 0 Å². The molecule has 0 aromatic carbocycles. The van der Waals surface area contributed by atoms with Crippen molar-refractivity contribution in [1.29, 1.82) is 0 Å². The first kappa shape index (κ1) is 15.6. The fraction of sp³-hybridized carbons (Fsp3) is 0.867. The van der Waals surface area contributed by atoms with Crippen molar-refractivity contribution in [2.45, 2.75) is 56.3 Å². The van der Waals surface area contributed by atoms with E-state index in [0.717, 1.165) is 19.3 Å². The van der Waals surface area contributed by atoms with Crippen molar-refractivity contribution in [3.8, 4) is 0 Å².